The van der Waals surface area contributed by atoms with E-state index in [-0.39, 0.29) is 10.0 Å². The Kier molecular flexibility index (Phi) is 3.49. The zero-order chi connectivity index (χ0) is 13.4. The van der Waals surface area contributed by atoms with Gasteiger partial charge in [-0.1, -0.05) is 0 Å². The first kappa shape index (κ1) is 13.2. The maximum atomic E-state index is 13.8. The summed E-state index contributed by atoms with van der Waals surface area (Å²) >= 11 is 2.92. The lowest BCUT2D eigenvalue weighted by molar-refractivity contribution is 0.110. The number of benzene rings is 1. The summed E-state index contributed by atoms with van der Waals surface area (Å²) in [5.74, 6) is -1.87. The number of rotatable bonds is 2. The molecule has 0 radical (unpaired) electrons. The Balaban J connectivity index is 2.59. The highest BCUT2D eigenvalue weighted by Crippen LogP contribution is 2.30. The first-order valence-corrected chi connectivity index (χ1v) is 6.08. The molecular formula is C12H11BrF2N2O. The summed E-state index contributed by atoms with van der Waals surface area (Å²) in [7, 11) is 0. The normalized spacial score (nSPS) is 12.8. The number of aliphatic hydroxyl groups excluding tert-OH is 1. The molecule has 18 heavy (non-hydrogen) atoms. The lowest BCUT2D eigenvalue weighted by Gasteiger charge is -2.04. The first-order valence-electron chi connectivity index (χ1n) is 5.29. The average Bonchev–Trinajstić information content (AvgIpc) is 2.69. The van der Waals surface area contributed by atoms with E-state index in [1.54, 1.807) is 6.92 Å². The molecule has 1 N–H and O–H groups in total. The van der Waals surface area contributed by atoms with Crippen molar-refractivity contribution in [3.05, 3.63) is 40.1 Å². The molecule has 1 aromatic carbocycles. The summed E-state index contributed by atoms with van der Waals surface area (Å²) < 4.78 is 28.7. The minimum Gasteiger partial charge on any atom is -0.372 e. The molecule has 6 heteroatoms. The van der Waals surface area contributed by atoms with Crippen LogP contribution in [0.4, 0.5) is 8.78 Å². The molecule has 1 unspecified atom stereocenters. The maximum Gasteiger partial charge on any atom is 0.173 e. The third-order valence-corrected chi connectivity index (χ3v) is 3.24. The fourth-order valence-corrected chi connectivity index (χ4v) is 1.98. The van der Waals surface area contributed by atoms with Crippen LogP contribution < -0.4 is 0 Å². The number of hydrogen-bond donors (Lipinski definition) is 1. The average molecular weight is 317 g/mol. The molecule has 0 amide bonds. The van der Waals surface area contributed by atoms with Crippen LogP contribution in [0, 0.1) is 18.6 Å². The third kappa shape index (κ3) is 2.18. The SMILES string of the molecule is Cc1nn(C(C)O)cc1-c1ccc(Br)c(F)c1F. The van der Waals surface area contributed by atoms with E-state index in [2.05, 4.69) is 21.0 Å². The van der Waals surface area contributed by atoms with Crippen LogP contribution in [0.3, 0.4) is 0 Å². The van der Waals surface area contributed by atoms with Crippen LogP contribution in [0.2, 0.25) is 0 Å². The van der Waals surface area contributed by atoms with Crippen molar-refractivity contribution in [1.29, 1.82) is 0 Å². The van der Waals surface area contributed by atoms with Gasteiger partial charge in [0.25, 0.3) is 0 Å². The second-order valence-corrected chi connectivity index (χ2v) is 4.82. The highest BCUT2D eigenvalue weighted by Gasteiger charge is 2.17. The predicted octanol–water partition coefficient (Wildman–Crippen LogP) is 3.41. The van der Waals surface area contributed by atoms with Crippen LogP contribution in [0.25, 0.3) is 11.1 Å². The molecule has 1 heterocycles. The summed E-state index contributed by atoms with van der Waals surface area (Å²) in [5, 5.41) is 13.4. The Hall–Kier alpha value is -1.27. The molecule has 0 fully saturated rings. The van der Waals surface area contributed by atoms with Gasteiger partial charge >= 0.3 is 0 Å². The fraction of sp³-hybridized carbons (Fsp3) is 0.250. The largest absolute Gasteiger partial charge is 0.372 e. The molecule has 2 rings (SSSR count). The van der Waals surface area contributed by atoms with Gasteiger partial charge in [-0.05, 0) is 41.9 Å². The van der Waals surface area contributed by atoms with E-state index in [1.165, 1.54) is 29.9 Å². The van der Waals surface area contributed by atoms with Crippen LogP contribution in [0.1, 0.15) is 18.8 Å². The topological polar surface area (TPSA) is 38.0 Å². The summed E-state index contributed by atoms with van der Waals surface area (Å²) in [5.41, 5.74) is 1.11. The van der Waals surface area contributed by atoms with Crippen LogP contribution >= 0.6 is 15.9 Å². The smallest absolute Gasteiger partial charge is 0.173 e. The molecule has 0 aliphatic heterocycles. The summed E-state index contributed by atoms with van der Waals surface area (Å²) in [6.07, 6.45) is 0.673. The Morgan fingerprint density at radius 3 is 2.50 bits per heavy atom. The molecule has 0 aliphatic rings. The lowest BCUT2D eigenvalue weighted by atomic mass is 10.1. The number of hydrogen-bond acceptors (Lipinski definition) is 2. The van der Waals surface area contributed by atoms with Crippen LogP contribution in [0.5, 0.6) is 0 Å². The van der Waals surface area contributed by atoms with Crippen molar-refractivity contribution in [2.24, 2.45) is 0 Å². The first-order chi connectivity index (χ1) is 8.41. The molecule has 0 saturated heterocycles. The standard InChI is InChI=1S/C12H11BrF2N2O/c1-6-9(5-17(16-6)7(2)18)8-3-4-10(13)12(15)11(8)14/h3-5,7,18H,1-2H3. The maximum absolute atomic E-state index is 13.8. The highest BCUT2D eigenvalue weighted by molar-refractivity contribution is 9.10. The van der Waals surface area contributed by atoms with Gasteiger partial charge in [0.1, 0.15) is 6.23 Å². The van der Waals surface area contributed by atoms with E-state index in [9.17, 15) is 13.9 Å². The van der Waals surface area contributed by atoms with E-state index in [1.807, 2.05) is 0 Å². The Labute approximate surface area is 111 Å². The number of aromatic nitrogens is 2. The molecule has 0 spiro atoms. The van der Waals surface area contributed by atoms with Gasteiger partial charge in [-0.2, -0.15) is 5.10 Å². The van der Waals surface area contributed by atoms with Crippen molar-refractivity contribution in [1.82, 2.24) is 9.78 Å². The number of halogens is 3. The Morgan fingerprint density at radius 1 is 1.28 bits per heavy atom. The minimum atomic E-state index is -0.934. The summed E-state index contributed by atoms with van der Waals surface area (Å²) in [6, 6.07) is 2.91. The van der Waals surface area contributed by atoms with Crippen LogP contribution in [0.15, 0.2) is 22.8 Å². The third-order valence-electron chi connectivity index (χ3n) is 2.62. The molecule has 1 atom stereocenters. The van der Waals surface area contributed by atoms with Crippen molar-refractivity contribution in [2.75, 3.05) is 0 Å². The molecule has 0 saturated carbocycles. The Bertz CT molecular complexity index is 596. The highest BCUT2D eigenvalue weighted by atomic mass is 79.9. The van der Waals surface area contributed by atoms with E-state index < -0.39 is 17.9 Å². The molecule has 0 bridgehead atoms. The molecule has 0 aliphatic carbocycles. The van der Waals surface area contributed by atoms with Crippen molar-refractivity contribution >= 4 is 15.9 Å². The van der Waals surface area contributed by atoms with Gasteiger partial charge in [-0.25, -0.2) is 13.5 Å². The van der Waals surface area contributed by atoms with E-state index >= 15 is 0 Å². The summed E-state index contributed by atoms with van der Waals surface area (Å²) in [6.45, 7) is 3.21. The predicted molar refractivity (Wildman–Crippen MR) is 66.9 cm³/mol. The molecular weight excluding hydrogens is 306 g/mol. The van der Waals surface area contributed by atoms with Crippen molar-refractivity contribution < 1.29 is 13.9 Å². The second-order valence-electron chi connectivity index (χ2n) is 3.96. The van der Waals surface area contributed by atoms with Crippen LogP contribution in [-0.4, -0.2) is 14.9 Å². The van der Waals surface area contributed by atoms with Gasteiger partial charge < -0.3 is 5.11 Å². The quantitative estimate of drug-likeness (QED) is 0.862. The van der Waals surface area contributed by atoms with Gasteiger partial charge in [0.15, 0.2) is 11.6 Å². The van der Waals surface area contributed by atoms with Gasteiger partial charge in [-0.3, -0.25) is 0 Å². The van der Waals surface area contributed by atoms with E-state index in [0.717, 1.165) is 0 Å². The van der Waals surface area contributed by atoms with Gasteiger partial charge in [0.05, 0.1) is 10.2 Å². The second kappa shape index (κ2) is 4.78. The van der Waals surface area contributed by atoms with Crippen LogP contribution in [-0.2, 0) is 0 Å². The Morgan fingerprint density at radius 2 is 1.94 bits per heavy atom. The molecule has 1 aromatic heterocycles. The monoisotopic (exact) mass is 316 g/mol. The van der Waals surface area contributed by atoms with E-state index in [4.69, 9.17) is 0 Å². The van der Waals surface area contributed by atoms with Gasteiger partial charge in [0, 0.05) is 17.3 Å². The fourth-order valence-electron chi connectivity index (χ4n) is 1.67. The van der Waals surface area contributed by atoms with Gasteiger partial charge in [-0.15, -0.1) is 0 Å². The molecule has 3 nitrogen and oxygen atoms in total. The zero-order valence-electron chi connectivity index (χ0n) is 9.78. The zero-order valence-corrected chi connectivity index (χ0v) is 11.4. The number of aliphatic hydroxyl groups is 1. The lowest BCUT2D eigenvalue weighted by Crippen LogP contribution is -2.03. The minimum absolute atomic E-state index is 0.0734. The van der Waals surface area contributed by atoms with Crippen molar-refractivity contribution in [3.8, 4) is 11.1 Å². The molecule has 2 aromatic rings. The van der Waals surface area contributed by atoms with Crippen molar-refractivity contribution in [2.45, 2.75) is 20.1 Å². The molecule has 96 valence electrons. The number of nitrogens with zero attached hydrogens (tertiary/aromatic N) is 2. The van der Waals surface area contributed by atoms with Gasteiger partial charge in [0.2, 0.25) is 0 Å². The van der Waals surface area contributed by atoms with Crippen molar-refractivity contribution in [3.63, 3.8) is 0 Å². The van der Waals surface area contributed by atoms with E-state index in [0.29, 0.717) is 11.3 Å². The summed E-state index contributed by atoms with van der Waals surface area (Å²) in [4.78, 5) is 0. The number of aryl methyl sites for hydroxylation is 1.